The van der Waals surface area contributed by atoms with Gasteiger partial charge in [0.1, 0.15) is 10.4 Å². The maximum atomic E-state index is 13.2. The van der Waals surface area contributed by atoms with Crippen molar-refractivity contribution in [3.63, 3.8) is 0 Å². The molecule has 0 aromatic carbocycles. The normalized spacial score (nSPS) is 26.9. The van der Waals surface area contributed by atoms with Gasteiger partial charge >= 0.3 is 0 Å². The van der Waals surface area contributed by atoms with Crippen LogP contribution in [0.1, 0.15) is 41.0 Å². The van der Waals surface area contributed by atoms with Gasteiger partial charge in [-0.3, -0.25) is 9.89 Å². The lowest BCUT2D eigenvalue weighted by Crippen LogP contribution is -2.51. The molecule has 2 bridgehead atoms. The van der Waals surface area contributed by atoms with Crippen LogP contribution in [0.4, 0.5) is 0 Å². The van der Waals surface area contributed by atoms with Gasteiger partial charge in [0.15, 0.2) is 0 Å². The molecule has 1 N–H and O–H groups in total. The molecule has 2 atom stereocenters. The second kappa shape index (κ2) is 6.29. The number of hydrogen-bond acceptors (Lipinski definition) is 6. The molecular weight excluding hydrogens is 378 g/mol. The molecule has 2 unspecified atom stereocenters. The van der Waals surface area contributed by atoms with Crippen LogP contribution in [0.3, 0.4) is 0 Å². The number of fused-ring (bicyclic) bond motifs is 2. The highest BCUT2D eigenvalue weighted by Crippen LogP contribution is 2.48. The van der Waals surface area contributed by atoms with E-state index in [1.54, 1.807) is 35.1 Å². The van der Waals surface area contributed by atoms with Crippen molar-refractivity contribution < 1.29 is 4.79 Å². The molecule has 5 rings (SSSR count). The topological polar surface area (TPSA) is 85.7 Å². The lowest BCUT2D eigenvalue weighted by atomic mass is 9.76. The molecule has 3 aromatic heterocycles. The quantitative estimate of drug-likeness (QED) is 0.730. The molecule has 136 valence electrons. The summed E-state index contributed by atoms with van der Waals surface area (Å²) in [7, 11) is 0. The summed E-state index contributed by atoms with van der Waals surface area (Å²) in [6, 6.07) is 4.71. The van der Waals surface area contributed by atoms with Crippen LogP contribution in [-0.2, 0) is 5.41 Å². The van der Waals surface area contributed by atoms with Crippen LogP contribution in [0, 0.1) is 11.3 Å². The molecule has 0 saturated carbocycles. The van der Waals surface area contributed by atoms with Gasteiger partial charge in [-0.05, 0) is 31.7 Å². The van der Waals surface area contributed by atoms with Crippen molar-refractivity contribution in [2.75, 3.05) is 0 Å². The zero-order valence-electron chi connectivity index (χ0n) is 14.5. The van der Waals surface area contributed by atoms with Gasteiger partial charge in [-0.25, -0.2) is 4.98 Å². The monoisotopic (exact) mass is 395 g/mol. The Bertz CT molecular complexity index is 987. The highest BCUT2D eigenvalue weighted by atomic mass is 32.1. The third kappa shape index (κ3) is 2.61. The van der Waals surface area contributed by atoms with E-state index in [9.17, 15) is 10.1 Å². The zero-order chi connectivity index (χ0) is 18.4. The van der Waals surface area contributed by atoms with Gasteiger partial charge < -0.3 is 4.90 Å². The van der Waals surface area contributed by atoms with Crippen molar-refractivity contribution in [2.45, 2.75) is 43.2 Å². The Labute approximate surface area is 164 Å². The summed E-state index contributed by atoms with van der Waals surface area (Å²) in [5, 5.41) is 21.5. The number of thiophene rings is 1. The number of H-pyrrole nitrogens is 1. The van der Waals surface area contributed by atoms with E-state index in [0.717, 1.165) is 33.9 Å². The molecule has 6 nitrogen and oxygen atoms in total. The minimum atomic E-state index is -0.548. The number of piperidine rings is 1. The number of rotatable bonds is 3. The lowest BCUT2D eigenvalue weighted by Gasteiger charge is -2.42. The number of thiazole rings is 1. The second-order valence-electron chi connectivity index (χ2n) is 7.22. The summed E-state index contributed by atoms with van der Waals surface area (Å²) < 4.78 is 0. The van der Waals surface area contributed by atoms with Gasteiger partial charge in [-0.2, -0.15) is 10.4 Å². The molecule has 8 heteroatoms. The van der Waals surface area contributed by atoms with E-state index in [1.165, 1.54) is 0 Å². The summed E-state index contributed by atoms with van der Waals surface area (Å²) >= 11 is 3.10. The lowest BCUT2D eigenvalue weighted by molar-refractivity contribution is 0.0527. The third-order valence-corrected chi connectivity index (χ3v) is 7.66. The maximum absolute atomic E-state index is 13.2. The van der Waals surface area contributed by atoms with Crippen LogP contribution in [0.15, 0.2) is 35.4 Å². The summed E-state index contributed by atoms with van der Waals surface area (Å²) in [5.74, 6) is 0.0826. The summed E-state index contributed by atoms with van der Waals surface area (Å²) in [6.45, 7) is 0. The smallest absolute Gasteiger partial charge is 0.255 e. The van der Waals surface area contributed by atoms with Crippen molar-refractivity contribution in [1.29, 1.82) is 5.26 Å². The second-order valence-corrected chi connectivity index (χ2v) is 9.03. The van der Waals surface area contributed by atoms with Gasteiger partial charge in [0, 0.05) is 45.7 Å². The van der Waals surface area contributed by atoms with Crippen LogP contribution >= 0.6 is 22.7 Å². The molecule has 0 aliphatic carbocycles. The highest BCUT2D eigenvalue weighted by molar-refractivity contribution is 7.13. The number of aromatic nitrogens is 3. The minimum absolute atomic E-state index is 0.0826. The molecule has 2 fully saturated rings. The van der Waals surface area contributed by atoms with Crippen molar-refractivity contribution in [3.8, 4) is 16.5 Å². The predicted octanol–water partition coefficient (Wildman–Crippen LogP) is 3.82. The first-order valence-corrected chi connectivity index (χ1v) is 10.7. The van der Waals surface area contributed by atoms with Crippen LogP contribution in [0.5, 0.6) is 0 Å². The first-order chi connectivity index (χ1) is 13.2. The Balaban J connectivity index is 1.41. The minimum Gasteiger partial charge on any atom is -0.333 e. The average molecular weight is 396 g/mol. The van der Waals surface area contributed by atoms with Gasteiger partial charge in [-0.15, -0.1) is 22.7 Å². The fourth-order valence-electron chi connectivity index (χ4n) is 4.49. The van der Waals surface area contributed by atoms with Gasteiger partial charge in [0.2, 0.25) is 0 Å². The molecule has 27 heavy (non-hydrogen) atoms. The molecular formula is C19H17N5OS2. The Kier molecular flexibility index (Phi) is 3.88. The van der Waals surface area contributed by atoms with Gasteiger partial charge in [0.25, 0.3) is 5.91 Å². The molecule has 0 radical (unpaired) electrons. The van der Waals surface area contributed by atoms with Crippen LogP contribution in [0.2, 0.25) is 0 Å². The largest absolute Gasteiger partial charge is 0.333 e. The van der Waals surface area contributed by atoms with Gasteiger partial charge in [0.05, 0.1) is 17.8 Å². The number of carbonyl (C=O) groups is 1. The van der Waals surface area contributed by atoms with Crippen molar-refractivity contribution >= 4 is 28.6 Å². The molecule has 2 aliphatic rings. The van der Waals surface area contributed by atoms with E-state index in [-0.39, 0.29) is 18.0 Å². The molecule has 5 heterocycles. The molecule has 1 amide bonds. The number of nitrogens with one attached hydrogen (secondary N) is 1. The SMILES string of the molecule is N#CC1(c2nccs2)CC2CCC(C1)N2C(=O)c1csc(-c2cn[nH]c2)c1. The maximum Gasteiger partial charge on any atom is 0.255 e. The fraction of sp³-hybridized carbons (Fsp3) is 0.368. The molecule has 2 aliphatic heterocycles. The first kappa shape index (κ1) is 16.7. The van der Waals surface area contributed by atoms with E-state index in [0.29, 0.717) is 12.8 Å². The van der Waals surface area contributed by atoms with E-state index in [2.05, 4.69) is 21.3 Å². The number of nitrogens with zero attached hydrogens (tertiary/aromatic N) is 4. The van der Waals surface area contributed by atoms with E-state index >= 15 is 0 Å². The third-order valence-electron chi connectivity index (χ3n) is 5.71. The van der Waals surface area contributed by atoms with Crippen molar-refractivity contribution in [3.05, 3.63) is 46.0 Å². The molecule has 0 spiro atoms. The van der Waals surface area contributed by atoms with Gasteiger partial charge in [-0.1, -0.05) is 0 Å². The highest BCUT2D eigenvalue weighted by Gasteiger charge is 2.52. The van der Waals surface area contributed by atoms with Crippen LogP contribution in [0.25, 0.3) is 10.4 Å². The Morgan fingerprint density at radius 3 is 2.78 bits per heavy atom. The van der Waals surface area contributed by atoms with Crippen molar-refractivity contribution in [2.24, 2.45) is 0 Å². The van der Waals surface area contributed by atoms with E-state index in [4.69, 9.17) is 0 Å². The average Bonchev–Trinajstić information content (AvgIpc) is 3.46. The Hall–Kier alpha value is -2.50. The standard InChI is InChI=1S/C19H17N5OS2/c20-11-19(18-21-3-4-26-18)6-14-1-2-15(7-19)24(14)17(25)12-5-16(27-10-12)13-8-22-23-9-13/h3-5,8-10,14-15H,1-2,6-7H2,(H,22,23). The first-order valence-electron chi connectivity index (χ1n) is 8.92. The summed E-state index contributed by atoms with van der Waals surface area (Å²) in [4.78, 5) is 20.7. The van der Waals surface area contributed by atoms with E-state index < -0.39 is 5.41 Å². The Morgan fingerprint density at radius 2 is 2.15 bits per heavy atom. The number of carbonyl (C=O) groups excluding carboxylic acids is 1. The fourth-order valence-corrected chi connectivity index (χ4v) is 6.17. The number of nitriles is 1. The zero-order valence-corrected chi connectivity index (χ0v) is 16.1. The van der Waals surface area contributed by atoms with Crippen molar-refractivity contribution in [1.82, 2.24) is 20.1 Å². The molecule has 2 saturated heterocycles. The number of hydrogen-bond donors (Lipinski definition) is 1. The summed E-state index contributed by atoms with van der Waals surface area (Å²) in [6.07, 6.45) is 8.64. The number of aromatic amines is 1. The Morgan fingerprint density at radius 1 is 1.33 bits per heavy atom. The number of amides is 1. The summed E-state index contributed by atoms with van der Waals surface area (Å²) in [5.41, 5.74) is 1.17. The molecule has 3 aromatic rings. The predicted molar refractivity (Wildman–Crippen MR) is 104 cm³/mol. The van der Waals surface area contributed by atoms with E-state index in [1.807, 2.05) is 27.9 Å². The van der Waals surface area contributed by atoms with Crippen LogP contribution < -0.4 is 0 Å². The van der Waals surface area contributed by atoms with Crippen LogP contribution in [-0.4, -0.2) is 38.1 Å².